The maximum atomic E-state index is 12.6. The van der Waals surface area contributed by atoms with Crippen LogP contribution in [-0.2, 0) is 21.2 Å². The molecule has 7 heteroatoms. The molecule has 1 aromatic rings. The highest BCUT2D eigenvalue weighted by Crippen LogP contribution is 2.64. The van der Waals surface area contributed by atoms with Gasteiger partial charge in [-0.25, -0.2) is 13.1 Å². The molecule has 25 heavy (non-hydrogen) atoms. The van der Waals surface area contributed by atoms with Crippen LogP contribution in [-0.4, -0.2) is 26.5 Å². The van der Waals surface area contributed by atoms with E-state index in [0.29, 0.717) is 35.2 Å². The highest BCUT2D eigenvalue weighted by atomic mass is 35.5. The average Bonchev–Trinajstić information content (AvgIpc) is 2.83. The van der Waals surface area contributed by atoms with Crippen LogP contribution in [0.25, 0.3) is 0 Å². The number of fused-ring (bicyclic) bond motifs is 2. The lowest BCUT2D eigenvalue weighted by Crippen LogP contribution is -2.45. The number of hydrogen-bond donors (Lipinski definition) is 1. The summed E-state index contributed by atoms with van der Waals surface area (Å²) in [5.41, 5.74) is -0.148. The molecule has 3 rings (SSSR count). The molecule has 2 atom stereocenters. The van der Waals surface area contributed by atoms with E-state index in [9.17, 15) is 13.2 Å². The van der Waals surface area contributed by atoms with Crippen molar-refractivity contribution in [3.63, 3.8) is 0 Å². The molecule has 0 unspecified atom stereocenters. The molecule has 2 saturated carbocycles. The summed E-state index contributed by atoms with van der Waals surface area (Å²) in [6.45, 7) is 4.33. The fourth-order valence-corrected chi connectivity index (χ4v) is 6.89. The van der Waals surface area contributed by atoms with Crippen molar-refractivity contribution in [3.8, 4) is 0 Å². The monoisotopic (exact) mass is 403 g/mol. The van der Waals surface area contributed by atoms with E-state index in [1.807, 2.05) is 13.8 Å². The van der Waals surface area contributed by atoms with Crippen molar-refractivity contribution in [2.75, 3.05) is 12.3 Å². The van der Waals surface area contributed by atoms with Crippen molar-refractivity contribution in [2.45, 2.75) is 39.5 Å². The predicted molar refractivity (Wildman–Crippen MR) is 101 cm³/mol. The minimum absolute atomic E-state index is 0.111. The van der Waals surface area contributed by atoms with Crippen LogP contribution in [0.3, 0.4) is 0 Å². The van der Waals surface area contributed by atoms with Gasteiger partial charge in [-0.3, -0.25) is 4.79 Å². The normalized spacial score (nSPS) is 27.8. The van der Waals surface area contributed by atoms with E-state index in [-0.39, 0.29) is 23.5 Å². The molecule has 4 nitrogen and oxygen atoms in total. The summed E-state index contributed by atoms with van der Waals surface area (Å²) >= 11 is 12.0. The molecule has 0 saturated heterocycles. The van der Waals surface area contributed by atoms with Crippen molar-refractivity contribution in [3.05, 3.63) is 33.8 Å². The Balaban J connectivity index is 1.66. The maximum absolute atomic E-state index is 12.6. The molecule has 0 amide bonds. The van der Waals surface area contributed by atoms with E-state index in [4.69, 9.17) is 23.2 Å². The third-order valence-electron chi connectivity index (χ3n) is 6.31. The molecular weight excluding hydrogens is 381 g/mol. The second-order valence-electron chi connectivity index (χ2n) is 7.81. The Bertz CT molecular complexity index is 807. The van der Waals surface area contributed by atoms with Crippen LogP contribution in [0.4, 0.5) is 0 Å². The first-order valence-corrected chi connectivity index (χ1v) is 10.9. The van der Waals surface area contributed by atoms with Crippen molar-refractivity contribution in [1.82, 2.24) is 4.72 Å². The molecular formula is C18H23Cl2NO3S. The molecule has 0 aliphatic heterocycles. The van der Waals surface area contributed by atoms with Gasteiger partial charge in [-0.1, -0.05) is 43.1 Å². The van der Waals surface area contributed by atoms with Gasteiger partial charge in [0, 0.05) is 28.4 Å². The Labute approximate surface area is 159 Å². The lowest BCUT2D eigenvalue weighted by molar-refractivity contribution is -0.128. The number of halogens is 2. The maximum Gasteiger partial charge on any atom is 0.212 e. The second-order valence-corrected chi connectivity index (χ2v) is 10.5. The van der Waals surface area contributed by atoms with Crippen LogP contribution in [0.15, 0.2) is 18.2 Å². The van der Waals surface area contributed by atoms with E-state index in [1.165, 1.54) is 0 Å². The van der Waals surface area contributed by atoms with Gasteiger partial charge in [-0.15, -0.1) is 0 Å². The Hall–Kier alpha value is -0.620. The van der Waals surface area contributed by atoms with Gasteiger partial charge in [0.2, 0.25) is 10.0 Å². The number of Topliss-reactive ketones (excluding diaryl/α,β-unsaturated/α-hetero) is 1. The van der Waals surface area contributed by atoms with Gasteiger partial charge < -0.3 is 0 Å². The highest BCUT2D eigenvalue weighted by Gasteiger charge is 2.65. The van der Waals surface area contributed by atoms with Crippen molar-refractivity contribution < 1.29 is 13.2 Å². The molecule has 2 fully saturated rings. The van der Waals surface area contributed by atoms with Gasteiger partial charge >= 0.3 is 0 Å². The number of benzene rings is 1. The molecule has 0 heterocycles. The Morgan fingerprint density at radius 3 is 2.56 bits per heavy atom. The lowest BCUT2D eigenvalue weighted by atomic mass is 9.70. The molecule has 138 valence electrons. The minimum Gasteiger partial charge on any atom is -0.299 e. The number of carbonyl (C=O) groups is 1. The first-order chi connectivity index (χ1) is 11.6. The van der Waals surface area contributed by atoms with Gasteiger partial charge in [-0.05, 0) is 48.3 Å². The largest absolute Gasteiger partial charge is 0.299 e. The number of rotatable bonds is 6. The Morgan fingerprint density at radius 2 is 2.00 bits per heavy atom. The topological polar surface area (TPSA) is 63.2 Å². The standard InChI is InChI=1S/C18H23Cl2NO3S/c1-17(2)13-5-7-18(17,16(22)9-13)11-25(23,24)21-8-6-12-3-4-14(19)10-15(12)20/h3-4,10,13,21H,5-9,11H2,1-2H3/t13-,18-/m0/s1. The Morgan fingerprint density at radius 1 is 1.28 bits per heavy atom. The summed E-state index contributed by atoms with van der Waals surface area (Å²) in [6.07, 6.45) is 2.60. The molecule has 1 N–H and O–H groups in total. The second kappa shape index (κ2) is 6.52. The summed E-state index contributed by atoms with van der Waals surface area (Å²) in [6, 6.07) is 5.17. The summed E-state index contributed by atoms with van der Waals surface area (Å²) < 4.78 is 27.9. The van der Waals surface area contributed by atoms with Gasteiger partial charge in [0.25, 0.3) is 0 Å². The van der Waals surface area contributed by atoms with Gasteiger partial charge in [-0.2, -0.15) is 0 Å². The summed E-state index contributed by atoms with van der Waals surface area (Å²) in [7, 11) is -3.54. The quantitative estimate of drug-likeness (QED) is 0.784. The van der Waals surface area contributed by atoms with E-state index < -0.39 is 15.4 Å². The molecule has 1 aromatic carbocycles. The van der Waals surface area contributed by atoms with Crippen LogP contribution >= 0.6 is 23.2 Å². The minimum atomic E-state index is -3.54. The van der Waals surface area contributed by atoms with Gasteiger partial charge in [0.1, 0.15) is 5.78 Å². The van der Waals surface area contributed by atoms with Crippen molar-refractivity contribution >= 4 is 39.0 Å². The summed E-state index contributed by atoms with van der Waals surface area (Å²) in [4.78, 5) is 12.5. The predicted octanol–water partition coefficient (Wildman–Crippen LogP) is 3.85. The molecule has 0 radical (unpaired) electrons. The average molecular weight is 404 g/mol. The van der Waals surface area contributed by atoms with Crippen LogP contribution < -0.4 is 4.72 Å². The first-order valence-electron chi connectivity index (χ1n) is 8.52. The fraction of sp³-hybridized carbons (Fsp3) is 0.611. The van der Waals surface area contributed by atoms with Gasteiger partial charge in [0.05, 0.1) is 5.75 Å². The fourth-order valence-electron chi connectivity index (χ4n) is 4.55. The summed E-state index contributed by atoms with van der Waals surface area (Å²) in [5, 5.41) is 1.07. The number of carbonyl (C=O) groups excluding carboxylic acids is 1. The zero-order chi connectivity index (χ0) is 18.5. The smallest absolute Gasteiger partial charge is 0.212 e. The van der Waals surface area contributed by atoms with Gasteiger partial charge in [0.15, 0.2) is 0 Å². The number of hydrogen-bond acceptors (Lipinski definition) is 3. The number of sulfonamides is 1. The highest BCUT2D eigenvalue weighted by molar-refractivity contribution is 7.89. The zero-order valence-corrected chi connectivity index (χ0v) is 16.8. The van der Waals surface area contributed by atoms with Crippen LogP contribution in [0.1, 0.15) is 38.7 Å². The Kier molecular flexibility index (Phi) is 4.99. The molecule has 0 aromatic heterocycles. The van der Waals surface area contributed by atoms with Crippen LogP contribution in [0, 0.1) is 16.7 Å². The number of nitrogens with one attached hydrogen (secondary N) is 1. The van der Waals surface area contributed by atoms with Crippen LogP contribution in [0.5, 0.6) is 0 Å². The van der Waals surface area contributed by atoms with Crippen molar-refractivity contribution in [1.29, 1.82) is 0 Å². The number of ketones is 1. The van der Waals surface area contributed by atoms with Crippen molar-refractivity contribution in [2.24, 2.45) is 16.7 Å². The zero-order valence-electron chi connectivity index (χ0n) is 14.4. The van der Waals surface area contributed by atoms with E-state index >= 15 is 0 Å². The molecule has 2 aliphatic carbocycles. The van der Waals surface area contributed by atoms with E-state index in [0.717, 1.165) is 12.0 Å². The van der Waals surface area contributed by atoms with Crippen LogP contribution in [0.2, 0.25) is 10.0 Å². The SMILES string of the molecule is CC1(C)[C@H]2CC[C@]1(CS(=O)(=O)NCCc1ccc(Cl)cc1Cl)C(=O)C2. The van der Waals surface area contributed by atoms with E-state index in [2.05, 4.69) is 4.72 Å². The summed E-state index contributed by atoms with van der Waals surface area (Å²) in [5.74, 6) is 0.305. The molecule has 0 spiro atoms. The third kappa shape index (κ3) is 3.36. The molecule has 2 bridgehead atoms. The lowest BCUT2D eigenvalue weighted by Gasteiger charge is -2.36. The molecule has 2 aliphatic rings. The first kappa shape index (κ1) is 19.2. The third-order valence-corrected chi connectivity index (χ3v) is 8.41. The van der Waals surface area contributed by atoms with E-state index in [1.54, 1.807) is 18.2 Å².